The Hall–Kier alpha value is -2.34. The average molecular weight is 331 g/mol. The maximum atomic E-state index is 12.3. The van der Waals surface area contributed by atoms with E-state index in [9.17, 15) is 4.79 Å². The number of carbonyl (C=O) groups is 1. The van der Waals surface area contributed by atoms with Crippen LogP contribution < -0.4 is 15.0 Å². The first-order valence-electron chi connectivity index (χ1n) is 8.06. The van der Waals surface area contributed by atoms with Gasteiger partial charge in [-0.1, -0.05) is 11.6 Å². The first-order chi connectivity index (χ1) is 11.3. The summed E-state index contributed by atoms with van der Waals surface area (Å²) in [6.45, 7) is 7.01. The Bertz CT molecular complexity index is 737. The summed E-state index contributed by atoms with van der Waals surface area (Å²) in [6, 6.07) is 6.11. The Morgan fingerprint density at radius 2 is 2.04 bits per heavy atom. The first-order valence-corrected chi connectivity index (χ1v) is 8.06. The molecule has 1 aromatic carbocycles. The van der Waals surface area contributed by atoms with Gasteiger partial charge in [-0.3, -0.25) is 9.48 Å². The zero-order chi connectivity index (χ0) is 17.9. The minimum absolute atomic E-state index is 0.0154. The number of aromatic nitrogens is 2. The van der Waals surface area contributed by atoms with Crippen molar-refractivity contribution in [1.29, 1.82) is 0 Å². The first kappa shape index (κ1) is 18.0. The molecule has 1 aromatic heterocycles. The zero-order valence-electron chi connectivity index (χ0n) is 15.4. The van der Waals surface area contributed by atoms with Crippen molar-refractivity contribution < 1.29 is 14.4 Å². The molecule has 1 unspecified atom stereocenters. The second-order valence-electron chi connectivity index (χ2n) is 6.34. The van der Waals surface area contributed by atoms with Crippen molar-refractivity contribution in [2.24, 2.45) is 7.05 Å². The molecule has 6 heteroatoms. The topological polar surface area (TPSA) is 60.6 Å². The maximum Gasteiger partial charge on any atom is 0.279 e. The summed E-state index contributed by atoms with van der Waals surface area (Å²) in [4.78, 5) is 13.4. The number of carbonyl (C=O) groups excluding carboxylic acids is 1. The highest BCUT2D eigenvalue weighted by Crippen LogP contribution is 2.19. The lowest BCUT2D eigenvalue weighted by atomic mass is 10.1. The largest absolute Gasteiger partial charge is 0.496 e. The highest BCUT2D eigenvalue weighted by atomic mass is 16.5. The number of benzene rings is 1. The zero-order valence-corrected chi connectivity index (χ0v) is 15.4. The van der Waals surface area contributed by atoms with Gasteiger partial charge in [-0.05, 0) is 32.9 Å². The number of quaternary nitrogens is 1. The summed E-state index contributed by atoms with van der Waals surface area (Å²) < 4.78 is 7.19. The minimum atomic E-state index is -0.0154. The van der Waals surface area contributed by atoms with Crippen LogP contribution in [-0.2, 0) is 18.4 Å². The van der Waals surface area contributed by atoms with Gasteiger partial charge in [0.15, 0.2) is 6.54 Å². The van der Waals surface area contributed by atoms with Crippen molar-refractivity contribution in [2.75, 3.05) is 26.0 Å². The van der Waals surface area contributed by atoms with E-state index in [1.807, 2.05) is 40.1 Å². The number of hydrogen-bond donors (Lipinski definition) is 2. The summed E-state index contributed by atoms with van der Waals surface area (Å²) >= 11 is 0. The summed E-state index contributed by atoms with van der Waals surface area (Å²) in [7, 11) is 5.55. The van der Waals surface area contributed by atoms with Gasteiger partial charge in [0, 0.05) is 12.6 Å². The van der Waals surface area contributed by atoms with E-state index in [0.29, 0.717) is 6.54 Å². The second-order valence-corrected chi connectivity index (χ2v) is 6.34. The smallest absolute Gasteiger partial charge is 0.279 e. The molecule has 6 nitrogen and oxygen atoms in total. The Kier molecular flexibility index (Phi) is 5.62. The molecule has 24 heavy (non-hydrogen) atoms. The molecule has 2 rings (SSSR count). The van der Waals surface area contributed by atoms with Crippen LogP contribution in [0.4, 0.5) is 5.69 Å². The van der Waals surface area contributed by atoms with Gasteiger partial charge in [0.1, 0.15) is 12.3 Å². The molecule has 0 saturated carbocycles. The van der Waals surface area contributed by atoms with Gasteiger partial charge in [0.25, 0.3) is 5.91 Å². The normalized spacial score (nSPS) is 12.1. The number of nitrogens with zero attached hydrogens (tertiary/aromatic N) is 2. The van der Waals surface area contributed by atoms with Crippen LogP contribution in [0.5, 0.6) is 5.75 Å². The van der Waals surface area contributed by atoms with Crippen molar-refractivity contribution in [3.05, 3.63) is 40.7 Å². The number of amides is 1. The van der Waals surface area contributed by atoms with Crippen LogP contribution in [0, 0.1) is 20.8 Å². The van der Waals surface area contributed by atoms with Gasteiger partial charge >= 0.3 is 0 Å². The van der Waals surface area contributed by atoms with Crippen molar-refractivity contribution in [2.45, 2.75) is 27.3 Å². The SMILES string of the molecule is COc1ccc(C)cc1C[NH+](C)CC(=O)Nc1c(C)nn(C)c1C. The van der Waals surface area contributed by atoms with Gasteiger partial charge in [-0.25, -0.2) is 0 Å². The average Bonchev–Trinajstić information content (AvgIpc) is 2.73. The number of nitrogens with one attached hydrogen (secondary N) is 2. The number of rotatable bonds is 6. The molecule has 1 atom stereocenters. The van der Waals surface area contributed by atoms with E-state index in [4.69, 9.17) is 4.74 Å². The lowest BCUT2D eigenvalue weighted by Crippen LogP contribution is -3.08. The van der Waals surface area contributed by atoms with Crippen molar-refractivity contribution >= 4 is 11.6 Å². The third kappa shape index (κ3) is 4.14. The molecule has 0 saturated heterocycles. The fourth-order valence-corrected chi connectivity index (χ4v) is 2.85. The molecule has 0 aliphatic rings. The van der Waals surface area contributed by atoms with Crippen LogP contribution in [0.15, 0.2) is 18.2 Å². The van der Waals surface area contributed by atoms with E-state index in [-0.39, 0.29) is 5.91 Å². The number of aryl methyl sites for hydroxylation is 3. The fourth-order valence-electron chi connectivity index (χ4n) is 2.85. The molecule has 2 aromatic rings. The number of methoxy groups -OCH3 is 1. The molecule has 0 aliphatic heterocycles. The lowest BCUT2D eigenvalue weighted by molar-refractivity contribution is -0.885. The van der Waals surface area contributed by atoms with Gasteiger partial charge in [0.2, 0.25) is 0 Å². The molecular weight excluding hydrogens is 304 g/mol. The molecular formula is C18H27N4O2+. The maximum absolute atomic E-state index is 12.3. The molecule has 0 radical (unpaired) electrons. The van der Waals surface area contributed by atoms with E-state index in [0.717, 1.165) is 39.8 Å². The highest BCUT2D eigenvalue weighted by Gasteiger charge is 2.17. The number of hydrogen-bond acceptors (Lipinski definition) is 3. The number of anilines is 1. The fraction of sp³-hybridized carbons (Fsp3) is 0.444. The lowest BCUT2D eigenvalue weighted by Gasteiger charge is -2.16. The van der Waals surface area contributed by atoms with Crippen LogP contribution in [0.3, 0.4) is 0 Å². The third-order valence-corrected chi connectivity index (χ3v) is 4.16. The van der Waals surface area contributed by atoms with Crippen LogP contribution in [0.25, 0.3) is 0 Å². The van der Waals surface area contributed by atoms with E-state index < -0.39 is 0 Å². The van der Waals surface area contributed by atoms with E-state index in [1.54, 1.807) is 11.8 Å². The molecule has 130 valence electrons. The van der Waals surface area contributed by atoms with Crippen molar-refractivity contribution in [1.82, 2.24) is 9.78 Å². The molecule has 1 amide bonds. The molecule has 0 spiro atoms. The Balaban J connectivity index is 2.00. The van der Waals surface area contributed by atoms with Crippen LogP contribution in [-0.4, -0.2) is 36.4 Å². The number of likely N-dealkylation sites (N-methyl/N-ethyl adjacent to an activating group) is 1. The van der Waals surface area contributed by atoms with Gasteiger partial charge in [-0.15, -0.1) is 0 Å². The molecule has 1 heterocycles. The summed E-state index contributed by atoms with van der Waals surface area (Å²) in [5, 5.41) is 7.30. The van der Waals surface area contributed by atoms with Crippen LogP contribution >= 0.6 is 0 Å². The Morgan fingerprint density at radius 3 is 2.62 bits per heavy atom. The molecule has 0 aliphatic carbocycles. The minimum Gasteiger partial charge on any atom is -0.496 e. The van der Waals surface area contributed by atoms with Crippen molar-refractivity contribution in [3.63, 3.8) is 0 Å². The molecule has 0 bridgehead atoms. The van der Waals surface area contributed by atoms with Crippen molar-refractivity contribution in [3.8, 4) is 5.75 Å². The predicted molar refractivity (Wildman–Crippen MR) is 94.5 cm³/mol. The monoisotopic (exact) mass is 331 g/mol. The second kappa shape index (κ2) is 7.49. The summed E-state index contributed by atoms with van der Waals surface area (Å²) in [5.41, 5.74) is 4.89. The van der Waals surface area contributed by atoms with E-state index in [1.165, 1.54) is 5.56 Å². The standard InChI is InChI=1S/C18H26N4O2/c1-12-7-8-16(24-6)15(9-12)10-21(4)11-17(23)19-18-13(2)20-22(5)14(18)3/h7-9H,10-11H2,1-6H3,(H,19,23)/p+1. The van der Waals surface area contributed by atoms with E-state index >= 15 is 0 Å². The van der Waals surface area contributed by atoms with Crippen LogP contribution in [0.1, 0.15) is 22.5 Å². The van der Waals surface area contributed by atoms with Gasteiger partial charge in [-0.2, -0.15) is 5.10 Å². The van der Waals surface area contributed by atoms with Gasteiger partial charge in [0.05, 0.1) is 31.2 Å². The Morgan fingerprint density at radius 1 is 1.33 bits per heavy atom. The summed E-state index contributed by atoms with van der Waals surface area (Å²) in [6.07, 6.45) is 0. The third-order valence-electron chi connectivity index (χ3n) is 4.16. The molecule has 0 fully saturated rings. The summed E-state index contributed by atoms with van der Waals surface area (Å²) in [5.74, 6) is 0.845. The van der Waals surface area contributed by atoms with E-state index in [2.05, 4.69) is 23.4 Å². The van der Waals surface area contributed by atoms with Crippen LogP contribution in [0.2, 0.25) is 0 Å². The predicted octanol–water partition coefficient (Wildman–Crippen LogP) is 1.01. The quantitative estimate of drug-likeness (QED) is 0.830. The molecule has 2 N–H and O–H groups in total. The Labute approximate surface area is 143 Å². The highest BCUT2D eigenvalue weighted by molar-refractivity contribution is 5.92. The number of ether oxygens (including phenoxy) is 1. The van der Waals surface area contributed by atoms with Gasteiger partial charge < -0.3 is 15.0 Å².